The van der Waals surface area contributed by atoms with Gasteiger partial charge < -0.3 is 10.6 Å². The monoisotopic (exact) mass is 236 g/mol. The average molecular weight is 236 g/mol. The molecular weight excluding hydrogens is 212 g/mol. The summed E-state index contributed by atoms with van der Waals surface area (Å²) in [7, 11) is 0. The summed E-state index contributed by atoms with van der Waals surface area (Å²) in [6, 6.07) is 0.816. The van der Waals surface area contributed by atoms with E-state index >= 15 is 0 Å². The summed E-state index contributed by atoms with van der Waals surface area (Å²) in [5.41, 5.74) is 0. The minimum absolute atomic E-state index is 0.520. The first kappa shape index (κ1) is 13.9. The van der Waals surface area contributed by atoms with Crippen molar-refractivity contribution in [2.24, 2.45) is 4.99 Å². The van der Waals surface area contributed by atoms with E-state index in [4.69, 9.17) is 6.42 Å². The number of likely N-dealkylation sites (N-methyl/N-ethyl adjacent to an activating group) is 1. The Morgan fingerprint density at radius 3 is 2.71 bits per heavy atom. The molecule has 0 unspecified atom stereocenters. The number of nitrogens with zero attached hydrogens (tertiary/aromatic N) is 2. The van der Waals surface area contributed by atoms with Crippen LogP contribution in [0.25, 0.3) is 0 Å². The van der Waals surface area contributed by atoms with E-state index in [2.05, 4.69) is 40.3 Å². The van der Waals surface area contributed by atoms with Gasteiger partial charge in [0.1, 0.15) is 0 Å². The predicted molar refractivity (Wildman–Crippen MR) is 73.1 cm³/mol. The highest BCUT2D eigenvalue weighted by molar-refractivity contribution is 5.79. The van der Waals surface area contributed by atoms with E-state index < -0.39 is 0 Å². The lowest BCUT2D eigenvalue weighted by Gasteiger charge is -2.18. The summed E-state index contributed by atoms with van der Waals surface area (Å²) in [6.45, 7) is 8.62. The van der Waals surface area contributed by atoms with Crippen LogP contribution in [0.5, 0.6) is 0 Å². The third-order valence-corrected chi connectivity index (χ3v) is 2.83. The molecule has 0 heterocycles. The van der Waals surface area contributed by atoms with Gasteiger partial charge in [-0.3, -0.25) is 9.89 Å². The molecule has 1 aliphatic carbocycles. The number of aliphatic imine (C=N–C) groups is 1. The van der Waals surface area contributed by atoms with Crippen LogP contribution in [0, 0.1) is 12.3 Å². The molecule has 1 rings (SSSR count). The van der Waals surface area contributed by atoms with Crippen molar-refractivity contribution < 1.29 is 0 Å². The predicted octanol–water partition coefficient (Wildman–Crippen LogP) is 0.659. The fraction of sp³-hybridized carbons (Fsp3) is 0.769. The number of guanidine groups is 1. The lowest BCUT2D eigenvalue weighted by atomic mass is 10.4. The third-order valence-electron chi connectivity index (χ3n) is 2.83. The fourth-order valence-corrected chi connectivity index (χ4v) is 1.81. The molecule has 0 aliphatic heterocycles. The first-order valence-electron chi connectivity index (χ1n) is 6.51. The lowest BCUT2D eigenvalue weighted by molar-refractivity contribution is 0.286. The molecule has 96 valence electrons. The van der Waals surface area contributed by atoms with Gasteiger partial charge in [-0.1, -0.05) is 12.8 Å². The molecule has 4 heteroatoms. The van der Waals surface area contributed by atoms with Gasteiger partial charge in [0.15, 0.2) is 5.96 Å². The molecule has 17 heavy (non-hydrogen) atoms. The maximum absolute atomic E-state index is 5.22. The normalized spacial score (nSPS) is 15.8. The van der Waals surface area contributed by atoms with Crippen molar-refractivity contribution in [3.63, 3.8) is 0 Å². The van der Waals surface area contributed by atoms with Gasteiger partial charge in [0.05, 0.1) is 13.1 Å². The van der Waals surface area contributed by atoms with Crippen LogP contribution in [-0.2, 0) is 0 Å². The van der Waals surface area contributed by atoms with Crippen LogP contribution in [0.2, 0.25) is 0 Å². The SMILES string of the molecule is C#CCNC(=NCCN(CC)C1CC1)NCC. The van der Waals surface area contributed by atoms with Gasteiger partial charge in [0, 0.05) is 19.1 Å². The Kier molecular flexibility index (Phi) is 6.49. The zero-order valence-electron chi connectivity index (χ0n) is 11.0. The Bertz CT molecular complexity index is 276. The second-order valence-corrected chi connectivity index (χ2v) is 4.18. The molecule has 0 bridgehead atoms. The van der Waals surface area contributed by atoms with E-state index in [1.807, 2.05) is 0 Å². The molecule has 1 aliphatic rings. The molecule has 4 nitrogen and oxygen atoms in total. The summed E-state index contributed by atoms with van der Waals surface area (Å²) in [5.74, 6) is 3.37. The maximum Gasteiger partial charge on any atom is 0.192 e. The van der Waals surface area contributed by atoms with Crippen LogP contribution >= 0.6 is 0 Å². The number of terminal acetylenes is 1. The molecule has 0 aromatic carbocycles. The van der Waals surface area contributed by atoms with Crippen molar-refractivity contribution in [3.05, 3.63) is 0 Å². The van der Waals surface area contributed by atoms with Gasteiger partial charge in [-0.15, -0.1) is 6.42 Å². The molecule has 0 atom stereocenters. The van der Waals surface area contributed by atoms with E-state index in [1.165, 1.54) is 12.8 Å². The summed E-state index contributed by atoms with van der Waals surface area (Å²) in [6.07, 6.45) is 7.92. The van der Waals surface area contributed by atoms with Gasteiger partial charge in [-0.25, -0.2) is 0 Å². The van der Waals surface area contributed by atoms with E-state index in [-0.39, 0.29) is 0 Å². The minimum Gasteiger partial charge on any atom is -0.357 e. The third kappa shape index (κ3) is 5.60. The van der Waals surface area contributed by atoms with Crippen LogP contribution < -0.4 is 10.6 Å². The topological polar surface area (TPSA) is 39.7 Å². The van der Waals surface area contributed by atoms with Crippen molar-refractivity contribution in [1.82, 2.24) is 15.5 Å². The Morgan fingerprint density at radius 1 is 1.41 bits per heavy atom. The quantitative estimate of drug-likeness (QED) is 0.387. The number of hydrogen-bond acceptors (Lipinski definition) is 2. The highest BCUT2D eigenvalue weighted by atomic mass is 15.2. The zero-order valence-corrected chi connectivity index (χ0v) is 11.0. The van der Waals surface area contributed by atoms with Crippen molar-refractivity contribution >= 4 is 5.96 Å². The van der Waals surface area contributed by atoms with Crippen LogP contribution in [-0.4, -0.2) is 49.6 Å². The van der Waals surface area contributed by atoms with E-state index in [0.717, 1.165) is 38.2 Å². The molecule has 0 amide bonds. The van der Waals surface area contributed by atoms with Crippen LogP contribution in [0.15, 0.2) is 4.99 Å². The summed E-state index contributed by atoms with van der Waals surface area (Å²) in [5, 5.41) is 6.27. The molecule has 1 fully saturated rings. The van der Waals surface area contributed by atoms with Gasteiger partial charge in [0.25, 0.3) is 0 Å². The van der Waals surface area contributed by atoms with Crippen molar-refractivity contribution in [1.29, 1.82) is 0 Å². The minimum atomic E-state index is 0.520. The standard InChI is InChI=1S/C13H24N4/c1-4-9-15-13(14-5-2)16-10-11-17(6-3)12-7-8-12/h1,12H,5-11H2,2-3H3,(H2,14,15,16). The Labute approximate surface area is 105 Å². The molecular formula is C13H24N4. The summed E-state index contributed by atoms with van der Waals surface area (Å²) < 4.78 is 0. The Morgan fingerprint density at radius 2 is 2.18 bits per heavy atom. The Hall–Kier alpha value is -1.21. The fourth-order valence-electron chi connectivity index (χ4n) is 1.81. The molecule has 0 spiro atoms. The zero-order chi connectivity index (χ0) is 12.5. The second kappa shape index (κ2) is 7.97. The van der Waals surface area contributed by atoms with Gasteiger partial charge >= 0.3 is 0 Å². The Balaban J connectivity index is 2.28. The van der Waals surface area contributed by atoms with Crippen molar-refractivity contribution in [2.75, 3.05) is 32.7 Å². The highest BCUT2D eigenvalue weighted by Gasteiger charge is 2.26. The van der Waals surface area contributed by atoms with E-state index in [1.54, 1.807) is 0 Å². The van der Waals surface area contributed by atoms with Crippen LogP contribution in [0.1, 0.15) is 26.7 Å². The number of hydrogen-bond donors (Lipinski definition) is 2. The second-order valence-electron chi connectivity index (χ2n) is 4.18. The molecule has 0 aromatic rings. The smallest absolute Gasteiger partial charge is 0.192 e. The van der Waals surface area contributed by atoms with Crippen LogP contribution in [0.4, 0.5) is 0 Å². The van der Waals surface area contributed by atoms with Gasteiger partial charge in [-0.05, 0) is 26.3 Å². The number of nitrogens with one attached hydrogen (secondary N) is 2. The summed E-state index contributed by atoms with van der Waals surface area (Å²) >= 11 is 0. The molecule has 0 radical (unpaired) electrons. The molecule has 1 saturated carbocycles. The van der Waals surface area contributed by atoms with Gasteiger partial charge in [0.2, 0.25) is 0 Å². The summed E-state index contributed by atoms with van der Waals surface area (Å²) in [4.78, 5) is 7.00. The first-order valence-corrected chi connectivity index (χ1v) is 6.51. The lowest BCUT2D eigenvalue weighted by Crippen LogP contribution is -2.38. The first-order chi connectivity index (χ1) is 8.31. The van der Waals surface area contributed by atoms with Crippen LogP contribution in [0.3, 0.4) is 0 Å². The molecule has 0 saturated heterocycles. The van der Waals surface area contributed by atoms with E-state index in [9.17, 15) is 0 Å². The highest BCUT2D eigenvalue weighted by Crippen LogP contribution is 2.25. The number of rotatable bonds is 7. The maximum atomic E-state index is 5.22. The molecule has 2 N–H and O–H groups in total. The van der Waals surface area contributed by atoms with E-state index in [0.29, 0.717) is 6.54 Å². The average Bonchev–Trinajstić information content (AvgIpc) is 3.15. The van der Waals surface area contributed by atoms with Crippen molar-refractivity contribution in [3.8, 4) is 12.3 Å². The molecule has 0 aromatic heterocycles. The van der Waals surface area contributed by atoms with Crippen molar-refractivity contribution in [2.45, 2.75) is 32.7 Å². The van der Waals surface area contributed by atoms with Gasteiger partial charge in [-0.2, -0.15) is 0 Å². The largest absolute Gasteiger partial charge is 0.357 e.